The topological polar surface area (TPSA) is 46.5 Å². The van der Waals surface area contributed by atoms with Crippen molar-refractivity contribution in [3.8, 4) is 0 Å². The Morgan fingerprint density at radius 2 is 1.87 bits per heavy atom. The smallest absolute Gasteiger partial charge is 0.200 e. The van der Waals surface area contributed by atoms with E-state index in [2.05, 4.69) is 71.2 Å². The summed E-state index contributed by atoms with van der Waals surface area (Å²) in [6.45, 7) is 13.7. The van der Waals surface area contributed by atoms with Crippen LogP contribution in [0.3, 0.4) is 0 Å². The van der Waals surface area contributed by atoms with Crippen LogP contribution >= 0.6 is 11.6 Å². The molecular weight excluding hydrogens is 424 g/mol. The second-order valence-corrected chi connectivity index (χ2v) is 15.1. The minimum atomic E-state index is -1.91. The molecule has 0 saturated heterocycles. The molecule has 0 aliphatic heterocycles. The highest BCUT2D eigenvalue weighted by Gasteiger charge is 2.39. The van der Waals surface area contributed by atoms with Crippen LogP contribution in [-0.4, -0.2) is 31.9 Å². The van der Waals surface area contributed by atoms with Crippen LogP contribution in [0.4, 0.5) is 0 Å². The molecule has 0 radical (unpaired) electrons. The number of hydrogen-bond acceptors (Lipinski definition) is 3. The monoisotopic (exact) mass is 466 g/mol. The van der Waals surface area contributed by atoms with Gasteiger partial charge < -0.3 is 9.53 Å². The summed E-state index contributed by atoms with van der Waals surface area (Å²) < 4.78 is 6.69. The minimum Gasteiger partial charge on any atom is -0.413 e. The number of carbonyl (C=O) groups excluding carboxylic acids is 1. The third-order valence-electron chi connectivity index (χ3n) is 6.23. The molecule has 0 bridgehead atoms. The maximum absolute atomic E-state index is 12.6. The van der Waals surface area contributed by atoms with Crippen molar-refractivity contribution in [2.24, 2.45) is 5.92 Å². The quantitative estimate of drug-likeness (QED) is 0.132. The summed E-state index contributed by atoms with van der Waals surface area (Å²) >= 11 is 6.20. The maximum Gasteiger partial charge on any atom is 0.200 e. The van der Waals surface area contributed by atoms with E-state index in [0.29, 0.717) is 5.03 Å². The zero-order valence-electron chi connectivity index (χ0n) is 20.4. The maximum atomic E-state index is 12.6. The SMILES string of the molecule is CC/C=C\C[C@@H](C/C=C1/C(=O)C(Cl)=C[C@@H]1C/C=C\CCCCO)O[Si](C)(C)C(C)(C)C. The van der Waals surface area contributed by atoms with E-state index < -0.39 is 8.32 Å². The van der Waals surface area contributed by atoms with Crippen LogP contribution in [0.25, 0.3) is 0 Å². The molecule has 0 fully saturated rings. The minimum absolute atomic E-state index is 0.0359. The van der Waals surface area contributed by atoms with Gasteiger partial charge in [-0.25, -0.2) is 0 Å². The number of Topliss-reactive ketones (excluding diaryl/α,β-unsaturated/α-hetero) is 1. The molecular formula is C26H43ClO3Si. The van der Waals surface area contributed by atoms with E-state index in [9.17, 15) is 4.79 Å². The fraction of sp³-hybridized carbons (Fsp3) is 0.654. The molecule has 0 aromatic heterocycles. The van der Waals surface area contributed by atoms with Crippen LogP contribution in [0.15, 0.2) is 47.1 Å². The lowest BCUT2D eigenvalue weighted by Gasteiger charge is -2.39. The van der Waals surface area contributed by atoms with E-state index in [1.54, 1.807) is 0 Å². The highest BCUT2D eigenvalue weighted by atomic mass is 35.5. The number of carbonyl (C=O) groups is 1. The Kier molecular flexibility index (Phi) is 12.3. The number of rotatable bonds is 13. The lowest BCUT2D eigenvalue weighted by molar-refractivity contribution is -0.111. The van der Waals surface area contributed by atoms with Gasteiger partial charge in [-0.05, 0) is 63.1 Å². The van der Waals surface area contributed by atoms with Gasteiger partial charge in [0.05, 0.1) is 11.1 Å². The highest BCUT2D eigenvalue weighted by Crippen LogP contribution is 2.38. The van der Waals surface area contributed by atoms with Gasteiger partial charge >= 0.3 is 0 Å². The molecule has 2 atom stereocenters. The summed E-state index contributed by atoms with van der Waals surface area (Å²) in [6.07, 6.45) is 18.8. The third kappa shape index (κ3) is 9.61. The van der Waals surface area contributed by atoms with E-state index in [0.717, 1.165) is 50.5 Å². The van der Waals surface area contributed by atoms with Crippen molar-refractivity contribution in [1.29, 1.82) is 0 Å². The number of unbranched alkanes of at least 4 members (excludes halogenated alkanes) is 2. The fourth-order valence-corrected chi connectivity index (χ4v) is 4.92. The van der Waals surface area contributed by atoms with Gasteiger partial charge in [-0.15, -0.1) is 0 Å². The molecule has 31 heavy (non-hydrogen) atoms. The predicted octanol–water partition coefficient (Wildman–Crippen LogP) is 7.48. The fourth-order valence-electron chi connectivity index (χ4n) is 3.28. The molecule has 0 unspecified atom stereocenters. The van der Waals surface area contributed by atoms with Gasteiger partial charge in [-0.3, -0.25) is 4.79 Å². The Hall–Kier alpha value is -0.943. The Morgan fingerprint density at radius 3 is 2.48 bits per heavy atom. The molecule has 0 aromatic rings. The van der Waals surface area contributed by atoms with E-state index >= 15 is 0 Å². The van der Waals surface area contributed by atoms with Crippen LogP contribution in [0, 0.1) is 5.92 Å². The number of aliphatic hydroxyl groups excluding tert-OH is 1. The van der Waals surface area contributed by atoms with Gasteiger partial charge in [-0.1, -0.05) is 75.8 Å². The van der Waals surface area contributed by atoms with Crippen molar-refractivity contribution in [3.63, 3.8) is 0 Å². The molecule has 5 heteroatoms. The van der Waals surface area contributed by atoms with Gasteiger partial charge in [0.1, 0.15) is 0 Å². The number of hydrogen-bond donors (Lipinski definition) is 1. The molecule has 0 aromatic carbocycles. The predicted molar refractivity (Wildman–Crippen MR) is 136 cm³/mol. The molecule has 0 spiro atoms. The van der Waals surface area contributed by atoms with Crippen molar-refractivity contribution in [3.05, 3.63) is 47.1 Å². The van der Waals surface area contributed by atoms with Gasteiger partial charge in [0.25, 0.3) is 0 Å². The van der Waals surface area contributed by atoms with E-state index in [1.165, 1.54) is 0 Å². The van der Waals surface area contributed by atoms with Crippen molar-refractivity contribution in [2.45, 2.75) is 96.9 Å². The van der Waals surface area contributed by atoms with Gasteiger partial charge in [0, 0.05) is 18.1 Å². The second-order valence-electron chi connectivity index (χ2n) is 9.89. The van der Waals surface area contributed by atoms with Crippen molar-refractivity contribution in [1.82, 2.24) is 0 Å². The van der Waals surface area contributed by atoms with E-state index in [4.69, 9.17) is 21.1 Å². The van der Waals surface area contributed by atoms with Gasteiger partial charge in [0.2, 0.25) is 0 Å². The molecule has 176 valence electrons. The van der Waals surface area contributed by atoms with Crippen LogP contribution < -0.4 is 0 Å². The first-order valence-electron chi connectivity index (χ1n) is 11.7. The molecule has 1 N–H and O–H groups in total. The number of allylic oxidation sites excluding steroid dienone is 6. The zero-order chi connectivity index (χ0) is 23.5. The lowest BCUT2D eigenvalue weighted by atomic mass is 9.96. The Labute approximate surface area is 196 Å². The largest absolute Gasteiger partial charge is 0.413 e. The first-order valence-corrected chi connectivity index (χ1v) is 15.0. The molecule has 1 aliphatic carbocycles. The standard InChI is InChI=1S/C26H43ClO3Si/c1-7-8-12-16-22(30-31(5,6)26(2,3)4)17-18-23-21(20-24(27)25(23)29)15-13-10-9-11-14-19-28/h8,10,12-13,18,20-22,28H,7,9,11,14-17,19H2,1-6H3/b12-8-,13-10-,23-18+/t21-,22-/m0/s1. The molecule has 3 nitrogen and oxygen atoms in total. The molecule has 1 aliphatic rings. The van der Waals surface area contributed by atoms with Crippen molar-refractivity contribution in [2.75, 3.05) is 6.61 Å². The molecule has 0 saturated carbocycles. The van der Waals surface area contributed by atoms with Crippen LogP contribution in [0.2, 0.25) is 18.1 Å². The van der Waals surface area contributed by atoms with E-state index in [-0.39, 0.29) is 29.5 Å². The number of aliphatic hydroxyl groups is 1. The summed E-state index contributed by atoms with van der Waals surface area (Å²) in [6, 6.07) is 0. The normalized spacial score (nSPS) is 20.4. The van der Waals surface area contributed by atoms with E-state index in [1.807, 2.05) is 6.08 Å². The van der Waals surface area contributed by atoms with Crippen molar-refractivity contribution >= 4 is 25.7 Å². The first-order chi connectivity index (χ1) is 14.5. The summed E-state index contributed by atoms with van der Waals surface area (Å²) in [4.78, 5) is 12.6. The number of ketones is 1. The van der Waals surface area contributed by atoms with Crippen LogP contribution in [0.5, 0.6) is 0 Å². The summed E-state index contributed by atoms with van der Waals surface area (Å²) in [7, 11) is -1.91. The third-order valence-corrected chi connectivity index (χ3v) is 11.1. The average molecular weight is 467 g/mol. The zero-order valence-corrected chi connectivity index (χ0v) is 22.2. The summed E-state index contributed by atoms with van der Waals surface area (Å²) in [5.41, 5.74) is 0.799. The average Bonchev–Trinajstić information content (AvgIpc) is 2.95. The van der Waals surface area contributed by atoms with Gasteiger partial charge in [0.15, 0.2) is 14.1 Å². The highest BCUT2D eigenvalue weighted by molar-refractivity contribution is 6.74. The van der Waals surface area contributed by atoms with Crippen molar-refractivity contribution < 1.29 is 14.3 Å². The Bertz CT molecular complexity index is 683. The lowest BCUT2D eigenvalue weighted by Crippen LogP contribution is -2.43. The van der Waals surface area contributed by atoms with Crippen LogP contribution in [0.1, 0.15) is 72.6 Å². The number of halogens is 1. The molecule has 0 heterocycles. The Balaban J connectivity index is 2.89. The summed E-state index contributed by atoms with van der Waals surface area (Å²) in [5.74, 6) is -0.00989. The summed E-state index contributed by atoms with van der Waals surface area (Å²) in [5, 5.41) is 9.35. The first kappa shape index (κ1) is 28.1. The molecule has 1 rings (SSSR count). The van der Waals surface area contributed by atoms with Crippen LogP contribution in [-0.2, 0) is 9.22 Å². The van der Waals surface area contributed by atoms with Gasteiger partial charge in [-0.2, -0.15) is 0 Å². The second kappa shape index (κ2) is 13.6. The molecule has 0 amide bonds. The Morgan fingerprint density at radius 1 is 1.16 bits per heavy atom.